The fourth-order valence-electron chi connectivity index (χ4n) is 2.73. The largest absolute Gasteiger partial charge is 0.733 e. The number of pyridine rings is 1. The summed E-state index contributed by atoms with van der Waals surface area (Å²) in [6, 6.07) is 13.3. The Morgan fingerprint density at radius 3 is 2.66 bits per heavy atom. The minimum Gasteiger partial charge on any atom is -0.733 e. The Bertz CT molecular complexity index is 1110. The van der Waals surface area contributed by atoms with Crippen LogP contribution in [0, 0.1) is 5.21 Å². The van der Waals surface area contributed by atoms with Crippen molar-refractivity contribution in [3.63, 3.8) is 0 Å². The smallest absolute Gasteiger partial charge is 0.343 e. The van der Waals surface area contributed by atoms with Gasteiger partial charge in [-0.3, -0.25) is 15.0 Å². The Morgan fingerprint density at radius 2 is 1.97 bits per heavy atom. The summed E-state index contributed by atoms with van der Waals surface area (Å²) in [4.78, 5) is 28.7. The lowest BCUT2D eigenvalue weighted by atomic mass is 10.1. The van der Waals surface area contributed by atoms with Gasteiger partial charge in [-0.1, -0.05) is 6.07 Å². The van der Waals surface area contributed by atoms with E-state index in [2.05, 4.69) is 4.98 Å². The first-order valence-electron chi connectivity index (χ1n) is 8.48. The molecule has 1 aliphatic heterocycles. The predicted molar refractivity (Wildman–Crippen MR) is 103 cm³/mol. The Hall–Kier alpha value is -4.01. The summed E-state index contributed by atoms with van der Waals surface area (Å²) in [6.45, 7) is 0. The van der Waals surface area contributed by atoms with E-state index in [4.69, 9.17) is 14.7 Å². The van der Waals surface area contributed by atoms with Crippen LogP contribution >= 0.6 is 0 Å². The molecule has 1 aromatic heterocycles. The first kappa shape index (κ1) is 18.4. The van der Waals surface area contributed by atoms with Crippen LogP contribution in [-0.2, 0) is 0 Å². The molecule has 1 aliphatic rings. The maximum atomic E-state index is 12.5. The van der Waals surface area contributed by atoms with Gasteiger partial charge in [-0.2, -0.15) is 0 Å². The molecule has 2 heterocycles. The van der Waals surface area contributed by atoms with Crippen LogP contribution in [0.4, 0.5) is 5.69 Å². The highest BCUT2D eigenvalue weighted by molar-refractivity contribution is 6.14. The van der Waals surface area contributed by atoms with Crippen molar-refractivity contribution in [1.82, 2.24) is 4.98 Å². The summed E-state index contributed by atoms with van der Waals surface area (Å²) in [6.07, 6.45) is 4.82. The number of hydrogen-bond acceptors (Lipinski definition) is 8. The van der Waals surface area contributed by atoms with E-state index in [1.165, 1.54) is 42.5 Å². The molecule has 4 rings (SSSR count). The van der Waals surface area contributed by atoms with E-state index in [-0.39, 0.29) is 39.5 Å². The van der Waals surface area contributed by atoms with E-state index in [9.17, 15) is 14.8 Å². The molecule has 0 atom stereocenters. The molecule has 0 saturated heterocycles. The van der Waals surface area contributed by atoms with Crippen LogP contribution in [-0.4, -0.2) is 21.9 Å². The van der Waals surface area contributed by atoms with Crippen molar-refractivity contribution in [3.8, 4) is 11.5 Å². The number of ketones is 1. The number of anilines is 1. The van der Waals surface area contributed by atoms with Crippen molar-refractivity contribution in [2.24, 2.45) is 0 Å². The molecule has 0 saturated carbocycles. The minimum absolute atomic E-state index is 0.0149. The topological polar surface area (TPSA) is 112 Å². The Morgan fingerprint density at radius 1 is 1.17 bits per heavy atom. The standard InChI is InChI=1S/C21H13N2O6/c24-20-17-8-7-16(28-21(25)14-3-5-15(6-4-14)23(26)27)11-18(17)29-19(20)10-13-2-1-9-22-12-13/h1-12,26H/q-1. The molecule has 29 heavy (non-hydrogen) atoms. The molecule has 0 unspecified atom stereocenters. The zero-order chi connectivity index (χ0) is 20.4. The second-order valence-corrected chi connectivity index (χ2v) is 6.09. The number of hydrogen-bond donors (Lipinski definition) is 1. The fourth-order valence-corrected chi connectivity index (χ4v) is 2.73. The van der Waals surface area contributed by atoms with Crippen molar-refractivity contribution < 1.29 is 24.3 Å². The fraction of sp³-hybridized carbons (Fsp3) is 0. The first-order chi connectivity index (χ1) is 14.0. The molecular formula is C21H13N2O6-. The lowest BCUT2D eigenvalue weighted by molar-refractivity contribution is 0.0734. The van der Waals surface area contributed by atoms with Crippen LogP contribution in [0.3, 0.4) is 0 Å². The van der Waals surface area contributed by atoms with Gasteiger partial charge in [0.05, 0.1) is 16.8 Å². The molecule has 144 valence electrons. The molecule has 0 radical (unpaired) electrons. The molecule has 0 bridgehead atoms. The normalized spacial score (nSPS) is 13.7. The van der Waals surface area contributed by atoms with Crippen LogP contribution in [0.5, 0.6) is 11.5 Å². The Labute approximate surface area is 164 Å². The number of benzene rings is 2. The van der Waals surface area contributed by atoms with E-state index in [1.54, 1.807) is 30.6 Å². The first-order valence-corrected chi connectivity index (χ1v) is 8.48. The lowest BCUT2D eigenvalue weighted by Crippen LogP contribution is -2.10. The summed E-state index contributed by atoms with van der Waals surface area (Å²) in [5, 5.41) is 19.3. The molecule has 1 N–H and O–H groups in total. The van der Waals surface area contributed by atoms with Gasteiger partial charge in [-0.15, -0.1) is 0 Å². The number of carbonyl (C=O) groups excluding carboxylic acids is 2. The average Bonchev–Trinajstić information content (AvgIpc) is 3.03. The summed E-state index contributed by atoms with van der Waals surface area (Å²) < 4.78 is 10.9. The number of carbonyl (C=O) groups is 2. The van der Waals surface area contributed by atoms with Gasteiger partial charge in [0.15, 0.2) is 5.76 Å². The number of rotatable bonds is 4. The third-order valence-corrected chi connectivity index (χ3v) is 4.16. The van der Waals surface area contributed by atoms with Crippen molar-refractivity contribution in [2.75, 3.05) is 5.23 Å². The third-order valence-electron chi connectivity index (χ3n) is 4.16. The Kier molecular flexibility index (Phi) is 4.78. The molecule has 0 aliphatic carbocycles. The predicted octanol–water partition coefficient (Wildman–Crippen LogP) is 3.61. The lowest BCUT2D eigenvalue weighted by Gasteiger charge is -2.21. The van der Waals surface area contributed by atoms with E-state index in [0.29, 0.717) is 5.56 Å². The minimum atomic E-state index is -0.665. The van der Waals surface area contributed by atoms with E-state index in [0.717, 1.165) is 5.56 Å². The van der Waals surface area contributed by atoms with E-state index >= 15 is 0 Å². The number of ether oxygens (including phenoxy) is 2. The van der Waals surface area contributed by atoms with E-state index < -0.39 is 5.97 Å². The van der Waals surface area contributed by atoms with Gasteiger partial charge in [0.25, 0.3) is 0 Å². The van der Waals surface area contributed by atoms with Gasteiger partial charge in [-0.25, -0.2) is 4.79 Å². The molecule has 0 spiro atoms. The zero-order valence-electron chi connectivity index (χ0n) is 14.8. The summed E-state index contributed by atoms with van der Waals surface area (Å²) in [5.41, 5.74) is 1.25. The van der Waals surface area contributed by atoms with Crippen LogP contribution < -0.4 is 14.7 Å². The van der Waals surface area contributed by atoms with Crippen LogP contribution in [0.25, 0.3) is 6.08 Å². The van der Waals surface area contributed by atoms with Crippen molar-refractivity contribution in [1.29, 1.82) is 0 Å². The van der Waals surface area contributed by atoms with Gasteiger partial charge in [-0.05, 0) is 54.1 Å². The Balaban J connectivity index is 1.51. The quantitative estimate of drug-likeness (QED) is 0.312. The molecule has 8 heteroatoms. The van der Waals surface area contributed by atoms with Gasteiger partial charge >= 0.3 is 5.97 Å². The van der Waals surface area contributed by atoms with Crippen molar-refractivity contribution in [2.45, 2.75) is 0 Å². The van der Waals surface area contributed by atoms with Gasteiger partial charge < -0.3 is 19.9 Å². The van der Waals surface area contributed by atoms with E-state index in [1.807, 2.05) is 0 Å². The number of aromatic nitrogens is 1. The number of nitrogens with zero attached hydrogens (tertiary/aromatic N) is 2. The highest BCUT2D eigenvalue weighted by atomic mass is 16.8. The van der Waals surface area contributed by atoms with Crippen LogP contribution in [0.1, 0.15) is 26.3 Å². The average molecular weight is 389 g/mol. The SMILES string of the molecule is O=C(Oc1ccc2c(c1)OC(=Cc1cccnc1)C2=O)c1ccc(N([O-])O)cc1. The second kappa shape index (κ2) is 7.55. The maximum absolute atomic E-state index is 12.5. The third kappa shape index (κ3) is 3.84. The molecule has 2 aromatic carbocycles. The maximum Gasteiger partial charge on any atom is 0.343 e. The molecule has 0 fully saturated rings. The molecular weight excluding hydrogens is 376 g/mol. The summed E-state index contributed by atoms with van der Waals surface area (Å²) in [5.74, 6) is -0.307. The molecule has 0 amide bonds. The molecule has 8 nitrogen and oxygen atoms in total. The van der Waals surface area contributed by atoms with Crippen LogP contribution in [0.15, 0.2) is 72.8 Å². The van der Waals surface area contributed by atoms with Gasteiger partial charge in [0, 0.05) is 18.5 Å². The summed E-state index contributed by atoms with van der Waals surface area (Å²) in [7, 11) is 0. The monoisotopic (exact) mass is 389 g/mol. The zero-order valence-corrected chi connectivity index (χ0v) is 14.8. The van der Waals surface area contributed by atoms with Crippen molar-refractivity contribution >= 4 is 23.5 Å². The highest BCUT2D eigenvalue weighted by Gasteiger charge is 2.28. The highest BCUT2D eigenvalue weighted by Crippen LogP contribution is 2.35. The number of allylic oxidation sites excluding steroid dienone is 1. The summed E-state index contributed by atoms with van der Waals surface area (Å²) >= 11 is 0. The van der Waals surface area contributed by atoms with Crippen LogP contribution in [0.2, 0.25) is 0 Å². The number of fused-ring (bicyclic) bond motifs is 1. The second-order valence-electron chi connectivity index (χ2n) is 6.09. The van der Waals surface area contributed by atoms with Gasteiger partial charge in [0.1, 0.15) is 11.5 Å². The number of esters is 1. The van der Waals surface area contributed by atoms with Gasteiger partial charge in [0.2, 0.25) is 5.78 Å². The number of Topliss-reactive ketones (excluding diaryl/α,β-unsaturated/α-hetero) is 1. The van der Waals surface area contributed by atoms with Crippen molar-refractivity contribution in [3.05, 3.63) is 94.6 Å². The molecule has 3 aromatic rings.